The van der Waals surface area contributed by atoms with Crippen molar-refractivity contribution in [1.29, 1.82) is 0 Å². The molecule has 0 spiro atoms. The first-order valence-electron chi connectivity index (χ1n) is 6.17. The van der Waals surface area contributed by atoms with Gasteiger partial charge in [0.05, 0.1) is 11.6 Å². The summed E-state index contributed by atoms with van der Waals surface area (Å²) in [6, 6.07) is 2.86. The Morgan fingerprint density at radius 2 is 1.80 bits per heavy atom. The molecule has 0 saturated carbocycles. The van der Waals surface area contributed by atoms with Crippen molar-refractivity contribution in [2.24, 2.45) is 11.1 Å². The lowest BCUT2D eigenvalue weighted by Crippen LogP contribution is -2.45. The van der Waals surface area contributed by atoms with Crippen LogP contribution in [-0.4, -0.2) is 11.9 Å². The molecule has 20 heavy (non-hydrogen) atoms. The van der Waals surface area contributed by atoms with Crippen molar-refractivity contribution in [2.45, 2.75) is 39.9 Å². The molecule has 6 heteroatoms. The van der Waals surface area contributed by atoms with Crippen molar-refractivity contribution in [1.82, 2.24) is 0 Å². The van der Waals surface area contributed by atoms with Crippen molar-refractivity contribution >= 4 is 11.6 Å². The van der Waals surface area contributed by atoms with Crippen LogP contribution in [0, 0.1) is 12.3 Å². The predicted octanol–water partition coefficient (Wildman–Crippen LogP) is 3.33. The Labute approximate surface area is 116 Å². The summed E-state index contributed by atoms with van der Waals surface area (Å²) in [4.78, 5) is 11.9. The van der Waals surface area contributed by atoms with Crippen molar-refractivity contribution < 1.29 is 18.0 Å². The number of alkyl halides is 3. The summed E-state index contributed by atoms with van der Waals surface area (Å²) in [5.74, 6) is -0.505. The van der Waals surface area contributed by atoms with Crippen LogP contribution in [0.5, 0.6) is 0 Å². The van der Waals surface area contributed by atoms with Crippen LogP contribution in [0.2, 0.25) is 0 Å². The largest absolute Gasteiger partial charge is 0.416 e. The number of hydrogen-bond donors (Lipinski definition) is 2. The maximum Gasteiger partial charge on any atom is 0.416 e. The highest BCUT2D eigenvalue weighted by Crippen LogP contribution is 2.33. The average molecular weight is 288 g/mol. The fourth-order valence-corrected chi connectivity index (χ4v) is 1.62. The van der Waals surface area contributed by atoms with Gasteiger partial charge in [0, 0.05) is 5.69 Å². The number of rotatable bonds is 2. The Kier molecular flexibility index (Phi) is 4.49. The Balaban J connectivity index is 2.98. The van der Waals surface area contributed by atoms with E-state index >= 15 is 0 Å². The maximum atomic E-state index is 12.8. The van der Waals surface area contributed by atoms with Crippen LogP contribution in [0.3, 0.4) is 0 Å². The molecule has 0 saturated heterocycles. The van der Waals surface area contributed by atoms with Crippen LogP contribution in [0.25, 0.3) is 0 Å². The van der Waals surface area contributed by atoms with Gasteiger partial charge in [-0.15, -0.1) is 0 Å². The molecule has 1 unspecified atom stereocenters. The zero-order valence-corrected chi connectivity index (χ0v) is 11.9. The van der Waals surface area contributed by atoms with Gasteiger partial charge in [-0.2, -0.15) is 13.2 Å². The standard InChI is InChI=1S/C14H19F3N2O/c1-8-5-6-9(7-10(8)14(15,16)17)19-12(20)11(18)13(2,3)4/h5-7,11H,18H2,1-4H3,(H,19,20). The second-order valence-electron chi connectivity index (χ2n) is 5.86. The smallest absolute Gasteiger partial charge is 0.325 e. The topological polar surface area (TPSA) is 55.1 Å². The summed E-state index contributed by atoms with van der Waals surface area (Å²) < 4.78 is 38.3. The Morgan fingerprint density at radius 3 is 2.25 bits per heavy atom. The molecule has 0 aliphatic heterocycles. The minimum Gasteiger partial charge on any atom is -0.325 e. The molecule has 1 aromatic rings. The number of carbonyl (C=O) groups excluding carboxylic acids is 1. The first-order valence-corrected chi connectivity index (χ1v) is 6.17. The highest BCUT2D eigenvalue weighted by Gasteiger charge is 2.33. The summed E-state index contributed by atoms with van der Waals surface area (Å²) in [5.41, 5.74) is 4.72. The van der Waals surface area contributed by atoms with E-state index in [9.17, 15) is 18.0 Å². The van der Waals surface area contributed by atoms with Crippen molar-refractivity contribution in [3.8, 4) is 0 Å². The quantitative estimate of drug-likeness (QED) is 0.877. The third-order valence-corrected chi connectivity index (χ3v) is 3.03. The van der Waals surface area contributed by atoms with E-state index in [-0.39, 0.29) is 11.3 Å². The molecule has 1 aromatic carbocycles. The van der Waals surface area contributed by atoms with Crippen molar-refractivity contribution in [3.63, 3.8) is 0 Å². The summed E-state index contributed by atoms with van der Waals surface area (Å²) in [6.07, 6.45) is -4.45. The summed E-state index contributed by atoms with van der Waals surface area (Å²) in [5, 5.41) is 2.42. The number of nitrogens with two attached hydrogens (primary N) is 1. The lowest BCUT2D eigenvalue weighted by Gasteiger charge is -2.26. The van der Waals surface area contributed by atoms with Gasteiger partial charge in [-0.25, -0.2) is 0 Å². The van der Waals surface area contributed by atoms with E-state index in [1.165, 1.54) is 19.1 Å². The van der Waals surface area contributed by atoms with Gasteiger partial charge >= 0.3 is 6.18 Å². The highest BCUT2D eigenvalue weighted by molar-refractivity contribution is 5.95. The lowest BCUT2D eigenvalue weighted by molar-refractivity contribution is -0.138. The van der Waals surface area contributed by atoms with Crippen LogP contribution in [-0.2, 0) is 11.0 Å². The highest BCUT2D eigenvalue weighted by atomic mass is 19.4. The Hall–Kier alpha value is -1.56. The summed E-state index contributed by atoms with van der Waals surface area (Å²) >= 11 is 0. The molecular formula is C14H19F3N2O. The number of halogens is 3. The molecule has 0 fully saturated rings. The van der Waals surface area contributed by atoms with Gasteiger partial charge in [0.1, 0.15) is 0 Å². The monoisotopic (exact) mass is 288 g/mol. The first kappa shape index (κ1) is 16.5. The summed E-state index contributed by atoms with van der Waals surface area (Å²) in [7, 11) is 0. The van der Waals surface area contributed by atoms with E-state index in [1.54, 1.807) is 20.8 Å². The van der Waals surface area contributed by atoms with Gasteiger partial charge < -0.3 is 11.1 Å². The van der Waals surface area contributed by atoms with Crippen molar-refractivity contribution in [2.75, 3.05) is 5.32 Å². The Bertz CT molecular complexity index is 504. The van der Waals surface area contributed by atoms with Gasteiger partial charge in [-0.3, -0.25) is 4.79 Å². The third kappa shape index (κ3) is 3.96. The second kappa shape index (κ2) is 5.44. The number of amides is 1. The SMILES string of the molecule is Cc1ccc(NC(=O)C(N)C(C)(C)C)cc1C(F)(F)F. The first-order chi connectivity index (χ1) is 8.93. The molecule has 0 aliphatic rings. The Morgan fingerprint density at radius 1 is 1.25 bits per heavy atom. The average Bonchev–Trinajstić information content (AvgIpc) is 2.27. The molecule has 3 nitrogen and oxygen atoms in total. The third-order valence-electron chi connectivity index (χ3n) is 3.03. The molecule has 0 aliphatic carbocycles. The molecular weight excluding hydrogens is 269 g/mol. The van der Waals surface area contributed by atoms with Gasteiger partial charge in [-0.05, 0) is 30.0 Å². The molecule has 0 radical (unpaired) electrons. The van der Waals surface area contributed by atoms with Crippen LogP contribution in [0.15, 0.2) is 18.2 Å². The zero-order valence-electron chi connectivity index (χ0n) is 11.9. The van der Waals surface area contributed by atoms with E-state index < -0.39 is 29.1 Å². The predicted molar refractivity (Wildman–Crippen MR) is 72.2 cm³/mol. The molecule has 3 N–H and O–H groups in total. The molecule has 0 aromatic heterocycles. The van der Waals surface area contributed by atoms with E-state index in [0.717, 1.165) is 6.07 Å². The molecule has 1 rings (SSSR count). The normalized spacial score (nSPS) is 14.0. The minimum atomic E-state index is -4.45. The van der Waals surface area contributed by atoms with E-state index in [4.69, 9.17) is 5.73 Å². The number of anilines is 1. The second-order valence-corrected chi connectivity index (χ2v) is 5.86. The van der Waals surface area contributed by atoms with Gasteiger partial charge in [0.25, 0.3) is 0 Å². The van der Waals surface area contributed by atoms with Crippen LogP contribution < -0.4 is 11.1 Å². The van der Waals surface area contributed by atoms with Gasteiger partial charge in [-0.1, -0.05) is 26.8 Å². The van der Waals surface area contributed by atoms with E-state index in [1.807, 2.05) is 0 Å². The molecule has 0 bridgehead atoms. The molecule has 0 heterocycles. The number of benzene rings is 1. The number of hydrogen-bond acceptors (Lipinski definition) is 2. The lowest BCUT2D eigenvalue weighted by atomic mass is 9.87. The van der Waals surface area contributed by atoms with Crippen molar-refractivity contribution in [3.05, 3.63) is 29.3 Å². The summed E-state index contributed by atoms with van der Waals surface area (Å²) in [6.45, 7) is 6.73. The maximum absolute atomic E-state index is 12.8. The minimum absolute atomic E-state index is 0.0904. The van der Waals surface area contributed by atoms with Crippen LogP contribution >= 0.6 is 0 Å². The van der Waals surface area contributed by atoms with Gasteiger partial charge in [0.15, 0.2) is 0 Å². The van der Waals surface area contributed by atoms with Gasteiger partial charge in [0.2, 0.25) is 5.91 Å². The fourth-order valence-electron chi connectivity index (χ4n) is 1.62. The van der Waals surface area contributed by atoms with E-state index in [2.05, 4.69) is 5.32 Å². The number of nitrogens with one attached hydrogen (secondary N) is 1. The van der Waals surface area contributed by atoms with Crippen LogP contribution in [0.4, 0.5) is 18.9 Å². The molecule has 1 amide bonds. The van der Waals surface area contributed by atoms with Crippen LogP contribution in [0.1, 0.15) is 31.9 Å². The fraction of sp³-hybridized carbons (Fsp3) is 0.500. The number of aryl methyl sites for hydroxylation is 1. The molecule has 112 valence electrons. The van der Waals surface area contributed by atoms with E-state index in [0.29, 0.717) is 0 Å². The zero-order chi connectivity index (χ0) is 15.7. The molecule has 1 atom stereocenters. The number of carbonyl (C=O) groups is 1.